The molecule has 0 aliphatic carbocycles. The molecule has 0 fully saturated rings. The number of thioether (sulfide) groups is 1. The van der Waals surface area contributed by atoms with Crippen molar-refractivity contribution in [2.24, 2.45) is 7.05 Å². The third kappa shape index (κ3) is 4.18. The molecule has 27 heavy (non-hydrogen) atoms. The molecule has 0 spiro atoms. The van der Waals surface area contributed by atoms with E-state index in [-0.39, 0.29) is 11.2 Å². The molecule has 7 heteroatoms. The summed E-state index contributed by atoms with van der Waals surface area (Å²) in [6.07, 6.45) is 0. The van der Waals surface area contributed by atoms with Gasteiger partial charge >= 0.3 is 0 Å². The third-order valence-corrected chi connectivity index (χ3v) is 5.29. The van der Waals surface area contributed by atoms with Crippen LogP contribution in [0.5, 0.6) is 0 Å². The summed E-state index contributed by atoms with van der Waals surface area (Å²) in [5.41, 5.74) is 3.36. The van der Waals surface area contributed by atoms with E-state index in [9.17, 15) is 4.79 Å². The lowest BCUT2D eigenvalue weighted by molar-refractivity contribution is -0.115. The van der Waals surface area contributed by atoms with Gasteiger partial charge in [0.25, 0.3) is 0 Å². The maximum atomic E-state index is 12.5. The molecule has 1 N–H and O–H groups in total. The molecule has 136 valence electrons. The van der Waals surface area contributed by atoms with Gasteiger partial charge in [0.15, 0.2) is 11.0 Å². The molecule has 0 saturated heterocycles. The zero-order valence-corrected chi connectivity index (χ0v) is 16.1. The van der Waals surface area contributed by atoms with Crippen molar-refractivity contribution in [2.45, 2.75) is 24.3 Å². The average Bonchev–Trinajstić information content (AvgIpc) is 3.03. The van der Waals surface area contributed by atoms with Gasteiger partial charge in [0.05, 0.1) is 16.9 Å². The van der Waals surface area contributed by atoms with E-state index in [0.717, 1.165) is 17.0 Å². The molecule has 0 bridgehead atoms. The highest BCUT2D eigenvalue weighted by atomic mass is 32.2. The average molecular weight is 377 g/mol. The Morgan fingerprint density at radius 2 is 1.89 bits per heavy atom. The molecule has 1 aromatic heterocycles. The molecule has 0 radical (unpaired) electrons. The van der Waals surface area contributed by atoms with E-state index in [2.05, 4.69) is 21.6 Å². The van der Waals surface area contributed by atoms with Crippen LogP contribution in [-0.4, -0.2) is 25.9 Å². The van der Waals surface area contributed by atoms with Crippen molar-refractivity contribution in [2.75, 3.05) is 5.32 Å². The number of nitrogens with zero attached hydrogens (tertiary/aromatic N) is 4. The molecule has 1 heterocycles. The zero-order chi connectivity index (χ0) is 19.4. The number of rotatable bonds is 5. The number of carbonyl (C=O) groups excluding carboxylic acids is 1. The number of aryl methyl sites for hydroxylation is 1. The van der Waals surface area contributed by atoms with Gasteiger partial charge in [-0.1, -0.05) is 36.0 Å². The Labute approximate surface area is 162 Å². The fourth-order valence-electron chi connectivity index (χ4n) is 2.56. The molecule has 2 aromatic carbocycles. The molecule has 1 amide bonds. The maximum absolute atomic E-state index is 12.5. The summed E-state index contributed by atoms with van der Waals surface area (Å²) in [5, 5.41) is 20.5. The summed E-state index contributed by atoms with van der Waals surface area (Å²) < 4.78 is 1.90. The predicted molar refractivity (Wildman–Crippen MR) is 106 cm³/mol. The Morgan fingerprint density at radius 1 is 1.19 bits per heavy atom. The monoisotopic (exact) mass is 377 g/mol. The molecule has 3 rings (SSSR count). The van der Waals surface area contributed by atoms with Crippen molar-refractivity contribution in [3.05, 3.63) is 59.7 Å². The topological polar surface area (TPSA) is 83.6 Å². The maximum Gasteiger partial charge on any atom is 0.237 e. The summed E-state index contributed by atoms with van der Waals surface area (Å²) in [7, 11) is 1.90. The second-order valence-electron chi connectivity index (χ2n) is 6.12. The van der Waals surface area contributed by atoms with Crippen LogP contribution in [-0.2, 0) is 11.8 Å². The van der Waals surface area contributed by atoms with Gasteiger partial charge in [-0.15, -0.1) is 10.2 Å². The highest BCUT2D eigenvalue weighted by Crippen LogP contribution is 2.27. The first kappa shape index (κ1) is 18.7. The van der Waals surface area contributed by atoms with E-state index in [1.165, 1.54) is 11.8 Å². The van der Waals surface area contributed by atoms with Crippen molar-refractivity contribution in [1.82, 2.24) is 14.8 Å². The lowest BCUT2D eigenvalue weighted by Gasteiger charge is -2.12. The quantitative estimate of drug-likeness (QED) is 0.684. The Kier molecular flexibility index (Phi) is 5.57. The first-order valence-electron chi connectivity index (χ1n) is 8.42. The van der Waals surface area contributed by atoms with Crippen molar-refractivity contribution in [3.8, 4) is 17.5 Å². The summed E-state index contributed by atoms with van der Waals surface area (Å²) in [6, 6.07) is 16.8. The second kappa shape index (κ2) is 8.06. The number of hydrogen-bond donors (Lipinski definition) is 1. The minimum Gasteiger partial charge on any atom is -0.325 e. The summed E-state index contributed by atoms with van der Waals surface area (Å²) >= 11 is 1.35. The number of carbonyl (C=O) groups is 1. The third-order valence-electron chi connectivity index (χ3n) is 4.15. The predicted octanol–water partition coefficient (Wildman–Crippen LogP) is 3.78. The van der Waals surface area contributed by atoms with Crippen LogP contribution in [0.25, 0.3) is 11.4 Å². The van der Waals surface area contributed by atoms with Gasteiger partial charge in [-0.25, -0.2) is 0 Å². The van der Waals surface area contributed by atoms with Crippen molar-refractivity contribution in [1.29, 1.82) is 5.26 Å². The Bertz CT molecular complexity index is 1000. The molecular formula is C20H19N5OS. The van der Waals surface area contributed by atoms with Crippen LogP contribution in [0.3, 0.4) is 0 Å². The number of benzene rings is 2. The Balaban J connectivity index is 1.70. The van der Waals surface area contributed by atoms with Gasteiger partial charge < -0.3 is 9.88 Å². The zero-order valence-electron chi connectivity index (χ0n) is 15.3. The fourth-order valence-corrected chi connectivity index (χ4v) is 3.37. The van der Waals surface area contributed by atoms with Crippen molar-refractivity contribution >= 4 is 23.4 Å². The van der Waals surface area contributed by atoms with Gasteiger partial charge in [0, 0.05) is 18.3 Å². The summed E-state index contributed by atoms with van der Waals surface area (Å²) in [5.74, 6) is 0.639. The van der Waals surface area contributed by atoms with Crippen LogP contribution in [0.2, 0.25) is 0 Å². The highest BCUT2D eigenvalue weighted by molar-refractivity contribution is 8.00. The van der Waals surface area contributed by atoms with Gasteiger partial charge in [-0.2, -0.15) is 5.26 Å². The number of nitriles is 1. The molecular weight excluding hydrogens is 358 g/mol. The van der Waals surface area contributed by atoms with E-state index < -0.39 is 0 Å². The van der Waals surface area contributed by atoms with Crippen LogP contribution < -0.4 is 5.32 Å². The van der Waals surface area contributed by atoms with E-state index in [1.807, 2.05) is 49.7 Å². The standard InChI is InChI=1S/C20H19N5OS/c1-13-6-4-5-7-17(13)18-23-24-20(25(18)3)27-14(2)19(26)22-16-10-8-15(12-21)9-11-16/h4-11,14H,1-3H3,(H,22,26)/t14-/m0/s1. The molecule has 0 saturated carbocycles. The van der Waals surface area contributed by atoms with Crippen LogP contribution >= 0.6 is 11.8 Å². The van der Waals surface area contributed by atoms with Crippen LogP contribution in [0.1, 0.15) is 18.1 Å². The highest BCUT2D eigenvalue weighted by Gasteiger charge is 2.20. The van der Waals surface area contributed by atoms with Crippen LogP contribution in [0.15, 0.2) is 53.7 Å². The lowest BCUT2D eigenvalue weighted by atomic mass is 10.1. The van der Waals surface area contributed by atoms with Crippen molar-refractivity contribution in [3.63, 3.8) is 0 Å². The Hall–Kier alpha value is -3.11. The molecule has 6 nitrogen and oxygen atoms in total. The number of amides is 1. The van der Waals surface area contributed by atoms with Gasteiger partial charge in [-0.05, 0) is 43.7 Å². The van der Waals surface area contributed by atoms with E-state index in [4.69, 9.17) is 5.26 Å². The molecule has 1 atom stereocenters. The molecule has 0 aliphatic heterocycles. The van der Waals surface area contributed by atoms with Crippen LogP contribution in [0.4, 0.5) is 5.69 Å². The van der Waals surface area contributed by atoms with Crippen molar-refractivity contribution < 1.29 is 4.79 Å². The second-order valence-corrected chi connectivity index (χ2v) is 7.43. The first-order valence-corrected chi connectivity index (χ1v) is 9.30. The lowest BCUT2D eigenvalue weighted by Crippen LogP contribution is -2.22. The van der Waals surface area contributed by atoms with E-state index >= 15 is 0 Å². The molecule has 0 aliphatic rings. The summed E-state index contributed by atoms with van der Waals surface area (Å²) in [6.45, 7) is 3.86. The van der Waals surface area contributed by atoms with Gasteiger partial charge in [0.1, 0.15) is 0 Å². The largest absolute Gasteiger partial charge is 0.325 e. The molecule has 0 unspecified atom stereocenters. The minimum absolute atomic E-state index is 0.134. The number of aromatic nitrogens is 3. The number of nitrogens with one attached hydrogen (secondary N) is 1. The van der Waals surface area contributed by atoms with Gasteiger partial charge in [0.2, 0.25) is 5.91 Å². The smallest absolute Gasteiger partial charge is 0.237 e. The number of hydrogen-bond acceptors (Lipinski definition) is 5. The normalized spacial score (nSPS) is 11.6. The number of anilines is 1. The minimum atomic E-state index is -0.353. The van der Waals surface area contributed by atoms with E-state index in [0.29, 0.717) is 16.4 Å². The Morgan fingerprint density at radius 3 is 2.56 bits per heavy atom. The fraction of sp³-hybridized carbons (Fsp3) is 0.200. The molecule has 3 aromatic rings. The first-order chi connectivity index (χ1) is 13.0. The van der Waals surface area contributed by atoms with E-state index in [1.54, 1.807) is 24.3 Å². The summed E-state index contributed by atoms with van der Waals surface area (Å²) in [4.78, 5) is 12.5. The SMILES string of the molecule is Cc1ccccc1-c1nnc(S[C@@H](C)C(=O)Nc2ccc(C#N)cc2)n1C. The van der Waals surface area contributed by atoms with Gasteiger partial charge in [-0.3, -0.25) is 4.79 Å². The van der Waals surface area contributed by atoms with Crippen LogP contribution in [0, 0.1) is 18.3 Å².